The molecule has 4 aromatic rings. The molecular weight excluding hydrogens is 460 g/mol. The summed E-state index contributed by atoms with van der Waals surface area (Å²) >= 11 is 2.45. The van der Waals surface area contributed by atoms with Crippen molar-refractivity contribution in [3.8, 4) is 10.4 Å². The molecule has 0 saturated carbocycles. The summed E-state index contributed by atoms with van der Waals surface area (Å²) in [6, 6.07) is 11.6. The minimum absolute atomic E-state index is 0.0874. The first-order chi connectivity index (χ1) is 15.9. The van der Waals surface area contributed by atoms with E-state index >= 15 is 0 Å². The molecule has 0 saturated heterocycles. The zero-order valence-corrected chi connectivity index (χ0v) is 19.6. The highest BCUT2D eigenvalue weighted by atomic mass is 32.1. The molecule has 1 amide bonds. The molecule has 4 rings (SSSR count). The van der Waals surface area contributed by atoms with Crippen molar-refractivity contribution in [3.05, 3.63) is 75.8 Å². The summed E-state index contributed by atoms with van der Waals surface area (Å²) in [5.74, 6) is -0.536. The predicted molar refractivity (Wildman–Crippen MR) is 130 cm³/mol. The first-order valence-electron chi connectivity index (χ1n) is 9.99. The number of aryl methyl sites for hydroxylation is 2. The van der Waals surface area contributed by atoms with Crippen LogP contribution in [0.5, 0.6) is 0 Å². The number of benzene rings is 1. The number of nitrogens with one attached hydrogen (secondary N) is 1. The van der Waals surface area contributed by atoms with Crippen LogP contribution in [0.15, 0.2) is 53.8 Å². The van der Waals surface area contributed by atoms with Gasteiger partial charge in [-0.3, -0.25) is 14.2 Å². The number of esters is 1. The summed E-state index contributed by atoms with van der Waals surface area (Å²) in [5.41, 5.74) is 1.17. The van der Waals surface area contributed by atoms with Gasteiger partial charge in [0.1, 0.15) is 28.7 Å². The van der Waals surface area contributed by atoms with Gasteiger partial charge in [0.2, 0.25) is 5.91 Å². The Morgan fingerprint density at radius 3 is 2.67 bits per heavy atom. The number of rotatable bonds is 7. The van der Waals surface area contributed by atoms with Crippen LogP contribution in [0, 0.1) is 13.8 Å². The van der Waals surface area contributed by atoms with Gasteiger partial charge >= 0.3 is 5.97 Å². The Hall–Kier alpha value is -3.63. The molecule has 0 aliphatic rings. The highest BCUT2D eigenvalue weighted by Crippen LogP contribution is 2.31. The van der Waals surface area contributed by atoms with Gasteiger partial charge in [0.05, 0.1) is 11.1 Å². The zero-order valence-electron chi connectivity index (χ0n) is 18.0. The fraction of sp³-hybridized carbons (Fsp3) is 0.174. The highest BCUT2D eigenvalue weighted by Gasteiger charge is 2.19. The molecule has 0 aliphatic carbocycles. The van der Waals surface area contributed by atoms with E-state index in [4.69, 9.17) is 4.74 Å². The van der Waals surface area contributed by atoms with E-state index < -0.39 is 11.9 Å². The van der Waals surface area contributed by atoms with Gasteiger partial charge in [0.15, 0.2) is 5.13 Å². The number of thiophene rings is 1. The molecule has 168 valence electrons. The molecule has 0 atom stereocenters. The van der Waals surface area contributed by atoms with Crippen molar-refractivity contribution >= 4 is 49.9 Å². The van der Waals surface area contributed by atoms with Gasteiger partial charge in [-0.05, 0) is 25.5 Å². The lowest BCUT2D eigenvalue weighted by Crippen LogP contribution is -2.29. The Morgan fingerprint density at radius 1 is 1.18 bits per heavy atom. The van der Waals surface area contributed by atoms with Crippen LogP contribution in [0.4, 0.5) is 5.13 Å². The molecule has 0 spiro atoms. The molecular formula is C23H20N4O4S2. The van der Waals surface area contributed by atoms with Crippen molar-refractivity contribution in [2.24, 2.45) is 0 Å². The Bertz CT molecular complexity index is 1420. The maximum atomic E-state index is 13.1. The van der Waals surface area contributed by atoms with Crippen molar-refractivity contribution in [2.75, 3.05) is 11.9 Å². The normalized spacial score (nSPS) is 10.8. The average molecular weight is 481 g/mol. The molecule has 10 heteroatoms. The van der Waals surface area contributed by atoms with E-state index in [1.807, 2.05) is 36.4 Å². The lowest BCUT2D eigenvalue weighted by molar-refractivity contribution is -0.116. The van der Waals surface area contributed by atoms with Crippen LogP contribution in [-0.2, 0) is 16.1 Å². The zero-order chi connectivity index (χ0) is 23.5. The maximum Gasteiger partial charge on any atom is 0.350 e. The summed E-state index contributed by atoms with van der Waals surface area (Å²) in [6.45, 7) is 6.72. The third-order valence-electron chi connectivity index (χ3n) is 4.76. The summed E-state index contributed by atoms with van der Waals surface area (Å²) in [4.78, 5) is 48.4. The lowest BCUT2D eigenvalue weighted by atomic mass is 10.2. The molecule has 3 heterocycles. The van der Waals surface area contributed by atoms with Gasteiger partial charge in [-0.25, -0.2) is 14.8 Å². The number of anilines is 1. The second-order valence-electron chi connectivity index (χ2n) is 7.11. The van der Waals surface area contributed by atoms with Gasteiger partial charge in [-0.15, -0.1) is 11.3 Å². The number of thiazole rings is 1. The van der Waals surface area contributed by atoms with Crippen LogP contribution >= 0.6 is 22.7 Å². The number of aromatic nitrogens is 3. The summed E-state index contributed by atoms with van der Waals surface area (Å²) in [5, 5.41) is 3.37. The van der Waals surface area contributed by atoms with Crippen LogP contribution in [0.1, 0.15) is 21.2 Å². The number of carbonyl (C=O) groups is 2. The standard InChI is InChI=1S/C23H20N4O4S2/c1-4-10-31-22(30)19-13(2)24-23(33-19)26-18(28)12-27-14(3)25-20-16(21(27)29)11-17(32-20)15-8-6-5-7-9-15/h4-9,11H,1,10,12H2,2-3H3,(H,24,26,28). The SMILES string of the molecule is C=CCOC(=O)c1sc(NC(=O)Cn2c(C)nc3sc(-c4ccccc4)cc3c2=O)nc1C. The minimum atomic E-state index is -0.529. The molecule has 8 nitrogen and oxygen atoms in total. The van der Waals surface area contributed by atoms with E-state index in [9.17, 15) is 14.4 Å². The van der Waals surface area contributed by atoms with E-state index in [-0.39, 0.29) is 23.8 Å². The largest absolute Gasteiger partial charge is 0.457 e. The summed E-state index contributed by atoms with van der Waals surface area (Å²) < 4.78 is 6.36. The summed E-state index contributed by atoms with van der Waals surface area (Å²) in [6.07, 6.45) is 1.47. The molecule has 1 aromatic carbocycles. The number of hydrogen-bond donors (Lipinski definition) is 1. The molecule has 1 N–H and O–H groups in total. The molecule has 0 unspecified atom stereocenters. The van der Waals surface area contributed by atoms with Crippen molar-refractivity contribution in [2.45, 2.75) is 20.4 Å². The number of nitrogens with zero attached hydrogens (tertiary/aromatic N) is 3. The van der Waals surface area contributed by atoms with Crippen LogP contribution < -0.4 is 10.9 Å². The first-order valence-corrected chi connectivity index (χ1v) is 11.6. The predicted octanol–water partition coefficient (Wildman–Crippen LogP) is 4.18. The molecule has 0 aliphatic heterocycles. The molecule has 0 bridgehead atoms. The van der Waals surface area contributed by atoms with E-state index in [0.29, 0.717) is 26.6 Å². The minimum Gasteiger partial charge on any atom is -0.457 e. The number of fused-ring (bicyclic) bond motifs is 1. The topological polar surface area (TPSA) is 103 Å². The van der Waals surface area contributed by atoms with E-state index in [2.05, 4.69) is 21.9 Å². The Kier molecular flexibility index (Phi) is 6.47. The molecule has 3 aromatic heterocycles. The second-order valence-corrected chi connectivity index (χ2v) is 9.14. The molecule has 0 fully saturated rings. The van der Waals surface area contributed by atoms with Crippen molar-refractivity contribution < 1.29 is 14.3 Å². The van der Waals surface area contributed by atoms with Crippen LogP contribution in [-0.4, -0.2) is 33.0 Å². The van der Waals surface area contributed by atoms with Crippen molar-refractivity contribution in [1.29, 1.82) is 0 Å². The van der Waals surface area contributed by atoms with Gasteiger partial charge in [-0.1, -0.05) is 54.3 Å². The quantitative estimate of drug-likeness (QED) is 0.314. The smallest absolute Gasteiger partial charge is 0.350 e. The van der Waals surface area contributed by atoms with Gasteiger partial charge in [0.25, 0.3) is 5.56 Å². The number of hydrogen-bond acceptors (Lipinski definition) is 8. The Balaban J connectivity index is 1.55. The van der Waals surface area contributed by atoms with Gasteiger partial charge < -0.3 is 10.1 Å². The Labute approximate surface area is 197 Å². The molecule has 0 radical (unpaired) electrons. The molecule has 33 heavy (non-hydrogen) atoms. The van der Waals surface area contributed by atoms with E-state index in [1.165, 1.54) is 22.0 Å². The second kappa shape index (κ2) is 9.47. The van der Waals surface area contributed by atoms with E-state index in [0.717, 1.165) is 21.8 Å². The lowest BCUT2D eigenvalue weighted by Gasteiger charge is -2.08. The highest BCUT2D eigenvalue weighted by molar-refractivity contribution is 7.21. The van der Waals surface area contributed by atoms with E-state index in [1.54, 1.807) is 13.8 Å². The fourth-order valence-electron chi connectivity index (χ4n) is 3.19. The van der Waals surface area contributed by atoms with Crippen LogP contribution in [0.3, 0.4) is 0 Å². The average Bonchev–Trinajstić information content (AvgIpc) is 3.39. The Morgan fingerprint density at radius 2 is 1.94 bits per heavy atom. The van der Waals surface area contributed by atoms with Gasteiger partial charge in [-0.2, -0.15) is 0 Å². The van der Waals surface area contributed by atoms with Crippen molar-refractivity contribution in [3.63, 3.8) is 0 Å². The summed E-state index contributed by atoms with van der Waals surface area (Å²) in [7, 11) is 0. The third kappa shape index (κ3) is 4.76. The van der Waals surface area contributed by atoms with Crippen molar-refractivity contribution in [1.82, 2.24) is 14.5 Å². The third-order valence-corrected chi connectivity index (χ3v) is 6.89. The fourth-order valence-corrected chi connectivity index (χ4v) is 5.14. The van der Waals surface area contributed by atoms with Crippen LogP contribution in [0.2, 0.25) is 0 Å². The number of amides is 1. The number of ether oxygens (including phenoxy) is 1. The maximum absolute atomic E-state index is 13.1. The monoisotopic (exact) mass is 480 g/mol. The van der Waals surface area contributed by atoms with Crippen LogP contribution in [0.25, 0.3) is 20.7 Å². The number of carbonyl (C=O) groups excluding carboxylic acids is 2. The van der Waals surface area contributed by atoms with Gasteiger partial charge in [0, 0.05) is 4.88 Å². The first kappa shape index (κ1) is 22.6.